The van der Waals surface area contributed by atoms with Gasteiger partial charge in [-0.2, -0.15) is 0 Å². The summed E-state index contributed by atoms with van der Waals surface area (Å²) in [5.74, 6) is 0.982. The summed E-state index contributed by atoms with van der Waals surface area (Å²) in [4.78, 5) is 0. The summed E-state index contributed by atoms with van der Waals surface area (Å²) in [5.41, 5.74) is 6.25. The van der Waals surface area contributed by atoms with Crippen LogP contribution in [0.1, 0.15) is 5.56 Å². The van der Waals surface area contributed by atoms with Crippen LogP contribution in [0.3, 0.4) is 0 Å². The molecule has 94 valence electrons. The Bertz CT molecular complexity index is 528. The quantitative estimate of drug-likeness (QED) is 0.913. The summed E-state index contributed by atoms with van der Waals surface area (Å²) in [7, 11) is 0. The van der Waals surface area contributed by atoms with Gasteiger partial charge in [0.2, 0.25) is 0 Å². The highest BCUT2D eigenvalue weighted by molar-refractivity contribution is 6.30. The van der Waals surface area contributed by atoms with E-state index in [-0.39, 0.29) is 5.82 Å². The molecule has 0 amide bonds. The van der Waals surface area contributed by atoms with Gasteiger partial charge in [0.05, 0.1) is 0 Å². The molecule has 0 spiro atoms. The Morgan fingerprint density at radius 2 is 1.83 bits per heavy atom. The number of nitrogens with two attached hydrogens (primary N) is 1. The molecule has 0 radical (unpaired) electrons. The molecule has 2 N–H and O–H groups in total. The highest BCUT2D eigenvalue weighted by Crippen LogP contribution is 2.27. The summed E-state index contributed by atoms with van der Waals surface area (Å²) in [6.45, 7) is 0.445. The van der Waals surface area contributed by atoms with Crippen molar-refractivity contribution in [1.29, 1.82) is 0 Å². The van der Waals surface area contributed by atoms with E-state index in [2.05, 4.69) is 0 Å². The zero-order valence-corrected chi connectivity index (χ0v) is 10.5. The van der Waals surface area contributed by atoms with E-state index in [1.807, 2.05) is 0 Å². The fourth-order valence-corrected chi connectivity index (χ4v) is 1.75. The van der Waals surface area contributed by atoms with Crippen LogP contribution in [0.2, 0.25) is 5.02 Å². The fraction of sp³-hybridized carbons (Fsp3) is 0.143. The van der Waals surface area contributed by atoms with Gasteiger partial charge >= 0.3 is 0 Å². The maximum Gasteiger partial charge on any atom is 0.130 e. The van der Waals surface area contributed by atoms with E-state index in [4.69, 9.17) is 22.1 Å². The van der Waals surface area contributed by atoms with Crippen molar-refractivity contribution in [1.82, 2.24) is 0 Å². The smallest absolute Gasteiger partial charge is 0.130 e. The number of halogens is 2. The molecular formula is C14H13ClFNO. The third-order valence-electron chi connectivity index (χ3n) is 2.48. The van der Waals surface area contributed by atoms with Crippen molar-refractivity contribution in [3.63, 3.8) is 0 Å². The van der Waals surface area contributed by atoms with E-state index < -0.39 is 0 Å². The summed E-state index contributed by atoms with van der Waals surface area (Å²) in [6.07, 6.45) is 0.570. The van der Waals surface area contributed by atoms with Crippen molar-refractivity contribution >= 4 is 11.6 Å². The highest BCUT2D eigenvalue weighted by atomic mass is 35.5. The second-order valence-corrected chi connectivity index (χ2v) is 4.28. The number of hydrogen-bond acceptors (Lipinski definition) is 2. The topological polar surface area (TPSA) is 35.2 Å². The van der Waals surface area contributed by atoms with Crippen molar-refractivity contribution in [2.75, 3.05) is 6.54 Å². The summed E-state index contributed by atoms with van der Waals surface area (Å²) >= 11 is 5.79. The van der Waals surface area contributed by atoms with Crippen LogP contribution in [0.5, 0.6) is 11.5 Å². The zero-order chi connectivity index (χ0) is 13.0. The Morgan fingerprint density at radius 1 is 1.11 bits per heavy atom. The van der Waals surface area contributed by atoms with Crippen molar-refractivity contribution in [2.45, 2.75) is 6.42 Å². The summed E-state index contributed by atoms with van der Waals surface area (Å²) in [5, 5.41) is 0.642. The van der Waals surface area contributed by atoms with Crippen LogP contribution >= 0.6 is 11.6 Å². The lowest BCUT2D eigenvalue weighted by molar-refractivity contribution is 0.473. The molecule has 0 unspecified atom stereocenters. The number of benzene rings is 2. The monoisotopic (exact) mass is 265 g/mol. The van der Waals surface area contributed by atoms with Gasteiger partial charge in [0.15, 0.2) is 0 Å². The van der Waals surface area contributed by atoms with Gasteiger partial charge in [0, 0.05) is 5.02 Å². The van der Waals surface area contributed by atoms with E-state index in [0.717, 1.165) is 5.56 Å². The Morgan fingerprint density at radius 3 is 2.50 bits per heavy atom. The molecule has 2 rings (SSSR count). The van der Waals surface area contributed by atoms with Gasteiger partial charge in [-0.25, -0.2) is 4.39 Å². The third-order valence-corrected chi connectivity index (χ3v) is 2.73. The van der Waals surface area contributed by atoms with E-state index in [9.17, 15) is 4.39 Å². The van der Waals surface area contributed by atoms with Crippen molar-refractivity contribution in [3.8, 4) is 11.5 Å². The minimum absolute atomic E-state index is 0.290. The highest BCUT2D eigenvalue weighted by Gasteiger charge is 2.06. The van der Waals surface area contributed by atoms with Crippen molar-refractivity contribution in [2.24, 2.45) is 5.73 Å². The van der Waals surface area contributed by atoms with Crippen LogP contribution < -0.4 is 10.5 Å². The fourth-order valence-electron chi connectivity index (χ4n) is 1.63. The molecular weight excluding hydrogens is 253 g/mol. The number of hydrogen-bond donors (Lipinski definition) is 1. The summed E-state index contributed by atoms with van der Waals surface area (Å²) < 4.78 is 18.8. The standard InChI is InChI=1S/C14H13ClFNO/c15-11-1-4-13(5-2-11)18-14-6-3-12(16)9-10(14)7-8-17/h1-6,9H,7-8,17H2. The molecule has 2 aromatic rings. The lowest BCUT2D eigenvalue weighted by Gasteiger charge is -2.10. The van der Waals surface area contributed by atoms with Crippen LogP contribution in [0, 0.1) is 5.82 Å². The van der Waals surface area contributed by atoms with Gasteiger partial charge in [-0.3, -0.25) is 0 Å². The average molecular weight is 266 g/mol. The molecule has 0 heterocycles. The van der Waals surface area contributed by atoms with Gasteiger partial charge in [0.25, 0.3) is 0 Å². The van der Waals surface area contributed by atoms with E-state index in [1.165, 1.54) is 12.1 Å². The molecule has 0 saturated carbocycles. The van der Waals surface area contributed by atoms with Crippen LogP contribution in [0.15, 0.2) is 42.5 Å². The Hall–Kier alpha value is -1.58. The minimum atomic E-state index is -0.290. The average Bonchev–Trinajstić information content (AvgIpc) is 2.36. The SMILES string of the molecule is NCCc1cc(F)ccc1Oc1ccc(Cl)cc1. The van der Waals surface area contributed by atoms with E-state index in [0.29, 0.717) is 29.5 Å². The Balaban J connectivity index is 2.25. The van der Waals surface area contributed by atoms with Gasteiger partial charge in [0.1, 0.15) is 17.3 Å². The summed E-state index contributed by atoms with van der Waals surface area (Å²) in [6, 6.07) is 11.4. The number of ether oxygens (including phenoxy) is 1. The molecule has 0 aliphatic rings. The lowest BCUT2D eigenvalue weighted by Crippen LogP contribution is -2.04. The molecule has 2 nitrogen and oxygen atoms in total. The lowest BCUT2D eigenvalue weighted by atomic mass is 10.1. The van der Waals surface area contributed by atoms with Crippen LogP contribution in [-0.2, 0) is 6.42 Å². The molecule has 4 heteroatoms. The van der Waals surface area contributed by atoms with Gasteiger partial charge in [-0.05, 0) is 61.0 Å². The normalized spacial score (nSPS) is 10.4. The Labute approximate surface area is 110 Å². The third kappa shape index (κ3) is 3.22. The second kappa shape index (κ2) is 5.85. The van der Waals surface area contributed by atoms with E-state index >= 15 is 0 Å². The van der Waals surface area contributed by atoms with Crippen LogP contribution in [0.25, 0.3) is 0 Å². The maximum absolute atomic E-state index is 13.1. The minimum Gasteiger partial charge on any atom is -0.457 e. The molecule has 0 fully saturated rings. The molecule has 0 aliphatic carbocycles. The van der Waals surface area contributed by atoms with Crippen LogP contribution in [-0.4, -0.2) is 6.54 Å². The molecule has 0 saturated heterocycles. The molecule has 0 atom stereocenters. The van der Waals surface area contributed by atoms with Gasteiger partial charge < -0.3 is 10.5 Å². The molecule has 0 aromatic heterocycles. The Kier molecular flexibility index (Phi) is 4.18. The predicted molar refractivity (Wildman–Crippen MR) is 70.7 cm³/mol. The van der Waals surface area contributed by atoms with Gasteiger partial charge in [-0.1, -0.05) is 11.6 Å². The molecule has 0 aliphatic heterocycles. The molecule has 0 bridgehead atoms. The van der Waals surface area contributed by atoms with Crippen molar-refractivity contribution in [3.05, 3.63) is 58.9 Å². The molecule has 18 heavy (non-hydrogen) atoms. The number of rotatable bonds is 4. The first kappa shape index (κ1) is 12.9. The molecule has 2 aromatic carbocycles. The van der Waals surface area contributed by atoms with Crippen molar-refractivity contribution < 1.29 is 9.13 Å². The first-order valence-electron chi connectivity index (χ1n) is 5.61. The largest absolute Gasteiger partial charge is 0.457 e. The first-order chi connectivity index (χ1) is 8.69. The second-order valence-electron chi connectivity index (χ2n) is 3.85. The van der Waals surface area contributed by atoms with E-state index in [1.54, 1.807) is 30.3 Å². The van der Waals surface area contributed by atoms with Gasteiger partial charge in [-0.15, -0.1) is 0 Å². The maximum atomic E-state index is 13.1. The predicted octanol–water partition coefficient (Wildman–Crippen LogP) is 3.77. The van der Waals surface area contributed by atoms with Crippen LogP contribution in [0.4, 0.5) is 4.39 Å². The zero-order valence-electron chi connectivity index (χ0n) is 9.70. The first-order valence-corrected chi connectivity index (χ1v) is 5.99.